The first-order valence-corrected chi connectivity index (χ1v) is 6.76. The van der Waals surface area contributed by atoms with Gasteiger partial charge in [0.15, 0.2) is 0 Å². The quantitative estimate of drug-likeness (QED) is 0.805. The fourth-order valence-corrected chi connectivity index (χ4v) is 2.15. The van der Waals surface area contributed by atoms with E-state index in [-0.39, 0.29) is 36.4 Å². The molecule has 114 valence electrons. The highest BCUT2D eigenvalue weighted by Crippen LogP contribution is 2.12. The monoisotopic (exact) mass is 293 g/mol. The van der Waals surface area contributed by atoms with Crippen molar-refractivity contribution in [2.75, 3.05) is 40.3 Å². The number of morpholine rings is 1. The summed E-state index contributed by atoms with van der Waals surface area (Å²) in [5.74, 6) is 0.295. The maximum atomic E-state index is 12.3. The molecule has 0 bridgehead atoms. The second kappa shape index (κ2) is 8.74. The molecule has 5 nitrogen and oxygen atoms in total. The topological polar surface area (TPSA) is 58.8 Å². The van der Waals surface area contributed by atoms with Crippen LogP contribution in [0.3, 0.4) is 0 Å². The summed E-state index contributed by atoms with van der Waals surface area (Å²) in [7, 11) is 4.02. The van der Waals surface area contributed by atoms with Crippen molar-refractivity contribution in [3.8, 4) is 0 Å². The summed E-state index contributed by atoms with van der Waals surface area (Å²) < 4.78 is 5.66. The first kappa shape index (κ1) is 18.6. The summed E-state index contributed by atoms with van der Waals surface area (Å²) in [6.45, 7) is 6.85. The number of hydrogen-bond donors (Lipinski definition) is 1. The predicted octanol–water partition coefficient (Wildman–Crippen LogP) is 0.571. The van der Waals surface area contributed by atoms with Crippen molar-refractivity contribution >= 4 is 18.3 Å². The Labute approximate surface area is 122 Å². The van der Waals surface area contributed by atoms with E-state index in [1.165, 1.54) is 0 Å². The first-order chi connectivity index (χ1) is 8.45. The molecule has 1 aliphatic heterocycles. The lowest BCUT2D eigenvalue weighted by molar-refractivity contribution is -0.141. The van der Waals surface area contributed by atoms with Gasteiger partial charge in [-0.3, -0.25) is 4.79 Å². The molecule has 0 aromatic carbocycles. The molecule has 0 aromatic rings. The van der Waals surface area contributed by atoms with Crippen molar-refractivity contribution < 1.29 is 9.53 Å². The minimum Gasteiger partial charge on any atom is -0.373 e. The minimum absolute atomic E-state index is 0. The molecule has 3 atom stereocenters. The van der Waals surface area contributed by atoms with Gasteiger partial charge >= 0.3 is 0 Å². The van der Waals surface area contributed by atoms with E-state index in [9.17, 15) is 4.79 Å². The van der Waals surface area contributed by atoms with Gasteiger partial charge in [0.25, 0.3) is 0 Å². The summed E-state index contributed by atoms with van der Waals surface area (Å²) in [5.41, 5.74) is 6.01. The van der Waals surface area contributed by atoms with Crippen molar-refractivity contribution in [1.82, 2.24) is 9.80 Å². The molecule has 1 fully saturated rings. The second-order valence-electron chi connectivity index (χ2n) is 5.45. The Kier molecular flexibility index (Phi) is 8.57. The molecule has 1 aliphatic rings. The highest BCUT2D eigenvalue weighted by Gasteiger charge is 2.29. The number of amides is 1. The van der Waals surface area contributed by atoms with Crippen LogP contribution >= 0.6 is 12.4 Å². The molecule has 0 saturated carbocycles. The third-order valence-corrected chi connectivity index (χ3v) is 3.56. The van der Waals surface area contributed by atoms with Crippen molar-refractivity contribution in [3.63, 3.8) is 0 Å². The maximum absolute atomic E-state index is 12.3. The number of nitrogens with two attached hydrogens (primary N) is 1. The van der Waals surface area contributed by atoms with Crippen LogP contribution in [0.15, 0.2) is 0 Å². The van der Waals surface area contributed by atoms with Gasteiger partial charge in [0.2, 0.25) is 5.91 Å². The molecule has 0 aliphatic carbocycles. The van der Waals surface area contributed by atoms with Crippen LogP contribution in [0.25, 0.3) is 0 Å². The molecule has 0 spiro atoms. The summed E-state index contributed by atoms with van der Waals surface area (Å²) in [5, 5.41) is 0. The van der Waals surface area contributed by atoms with Gasteiger partial charge in [-0.05, 0) is 20.0 Å². The smallest absolute Gasteiger partial charge is 0.239 e. The van der Waals surface area contributed by atoms with Crippen molar-refractivity contribution in [2.45, 2.75) is 32.4 Å². The van der Waals surface area contributed by atoms with E-state index in [0.717, 1.165) is 13.0 Å². The van der Waals surface area contributed by atoms with Gasteiger partial charge in [0, 0.05) is 19.6 Å². The lowest BCUT2D eigenvalue weighted by Crippen LogP contribution is -2.54. The Hall–Kier alpha value is -0.360. The van der Waals surface area contributed by atoms with E-state index in [2.05, 4.69) is 11.8 Å². The highest BCUT2D eigenvalue weighted by atomic mass is 35.5. The molecule has 6 heteroatoms. The molecule has 0 aromatic heterocycles. The zero-order chi connectivity index (χ0) is 13.7. The molecule has 1 heterocycles. The van der Waals surface area contributed by atoms with Crippen molar-refractivity contribution in [1.29, 1.82) is 0 Å². The molecule has 2 N–H and O–H groups in total. The fraction of sp³-hybridized carbons (Fsp3) is 0.923. The zero-order valence-corrected chi connectivity index (χ0v) is 13.3. The van der Waals surface area contributed by atoms with Crippen LogP contribution < -0.4 is 5.73 Å². The lowest BCUT2D eigenvalue weighted by Gasteiger charge is -2.36. The summed E-state index contributed by atoms with van der Waals surface area (Å²) in [6, 6.07) is -0.381. The van der Waals surface area contributed by atoms with Gasteiger partial charge in [0.1, 0.15) is 0 Å². The maximum Gasteiger partial charge on any atom is 0.239 e. The average molecular weight is 294 g/mol. The summed E-state index contributed by atoms with van der Waals surface area (Å²) in [6.07, 6.45) is 1.03. The van der Waals surface area contributed by atoms with E-state index in [1.807, 2.05) is 25.9 Å². The number of halogens is 1. The lowest BCUT2D eigenvalue weighted by atomic mass is 9.98. The van der Waals surface area contributed by atoms with Crippen LogP contribution in [-0.4, -0.2) is 68.2 Å². The number of carbonyl (C=O) groups is 1. The van der Waals surface area contributed by atoms with Gasteiger partial charge in [-0.25, -0.2) is 0 Å². The summed E-state index contributed by atoms with van der Waals surface area (Å²) >= 11 is 0. The van der Waals surface area contributed by atoms with Crippen LogP contribution in [0.2, 0.25) is 0 Å². The first-order valence-electron chi connectivity index (χ1n) is 6.76. The Morgan fingerprint density at radius 2 is 2.16 bits per heavy atom. The van der Waals surface area contributed by atoms with Crippen LogP contribution in [0.1, 0.15) is 20.3 Å². The Bertz CT molecular complexity index is 277. The van der Waals surface area contributed by atoms with Gasteiger partial charge in [-0.15, -0.1) is 12.4 Å². The van der Waals surface area contributed by atoms with Crippen LogP contribution in [-0.2, 0) is 9.53 Å². The molecule has 3 unspecified atom stereocenters. The van der Waals surface area contributed by atoms with Crippen LogP contribution in [0.4, 0.5) is 0 Å². The largest absolute Gasteiger partial charge is 0.373 e. The Balaban J connectivity index is 0.00000324. The number of rotatable bonds is 5. The summed E-state index contributed by atoms with van der Waals surface area (Å²) in [4.78, 5) is 16.2. The standard InChI is InChI=1S/C13H27N3O2.ClH/c1-5-10(2)12(14)13(17)16-6-7-18-11(9-16)8-15(3)4;/h10-12H,5-9,14H2,1-4H3;1H. The minimum atomic E-state index is -0.381. The number of likely N-dealkylation sites (N-methyl/N-ethyl adjacent to an activating group) is 1. The fourth-order valence-electron chi connectivity index (χ4n) is 2.15. The molecular formula is C13H28ClN3O2. The Morgan fingerprint density at radius 1 is 1.53 bits per heavy atom. The van der Waals surface area contributed by atoms with Gasteiger partial charge in [0.05, 0.1) is 18.8 Å². The van der Waals surface area contributed by atoms with E-state index in [4.69, 9.17) is 10.5 Å². The molecular weight excluding hydrogens is 266 g/mol. The van der Waals surface area contributed by atoms with Gasteiger partial charge in [-0.1, -0.05) is 20.3 Å². The van der Waals surface area contributed by atoms with Gasteiger partial charge in [-0.2, -0.15) is 0 Å². The second-order valence-corrected chi connectivity index (χ2v) is 5.45. The molecule has 1 saturated heterocycles. The SMILES string of the molecule is CCC(C)C(N)C(=O)N1CCOC(CN(C)C)C1.Cl. The number of ether oxygens (including phenoxy) is 1. The van der Waals surface area contributed by atoms with E-state index >= 15 is 0 Å². The molecule has 1 rings (SSSR count). The van der Waals surface area contributed by atoms with Gasteiger partial charge < -0.3 is 20.3 Å². The highest BCUT2D eigenvalue weighted by molar-refractivity contribution is 5.85. The molecule has 0 radical (unpaired) electrons. The number of nitrogens with zero attached hydrogens (tertiary/aromatic N) is 2. The molecule has 19 heavy (non-hydrogen) atoms. The normalized spacial score (nSPS) is 22.8. The third kappa shape index (κ3) is 5.65. The van der Waals surface area contributed by atoms with E-state index < -0.39 is 0 Å². The van der Waals surface area contributed by atoms with E-state index in [1.54, 1.807) is 0 Å². The Morgan fingerprint density at radius 3 is 2.68 bits per heavy atom. The van der Waals surface area contributed by atoms with Crippen LogP contribution in [0, 0.1) is 5.92 Å². The number of hydrogen-bond acceptors (Lipinski definition) is 4. The van der Waals surface area contributed by atoms with Crippen molar-refractivity contribution in [3.05, 3.63) is 0 Å². The molecule has 1 amide bonds. The number of carbonyl (C=O) groups excluding carboxylic acids is 1. The van der Waals surface area contributed by atoms with Crippen molar-refractivity contribution in [2.24, 2.45) is 11.7 Å². The average Bonchev–Trinajstić information content (AvgIpc) is 2.35. The third-order valence-electron chi connectivity index (χ3n) is 3.56. The van der Waals surface area contributed by atoms with E-state index in [0.29, 0.717) is 19.7 Å². The predicted molar refractivity (Wildman–Crippen MR) is 79.6 cm³/mol. The zero-order valence-electron chi connectivity index (χ0n) is 12.5. The van der Waals surface area contributed by atoms with Crippen LogP contribution in [0.5, 0.6) is 0 Å².